The van der Waals surface area contributed by atoms with Crippen LogP contribution in [0.2, 0.25) is 0 Å². The van der Waals surface area contributed by atoms with Gasteiger partial charge in [-0.3, -0.25) is 0 Å². The molecule has 2 unspecified atom stereocenters. The molecular formula is C23H25N5O. The second kappa shape index (κ2) is 7.25. The molecule has 1 aromatic carbocycles. The Labute approximate surface area is 171 Å². The fraction of sp³-hybridized carbons (Fsp3) is 0.348. The highest BCUT2D eigenvalue weighted by Gasteiger charge is 2.45. The minimum absolute atomic E-state index is 0.0131. The summed E-state index contributed by atoms with van der Waals surface area (Å²) in [6, 6.07) is 10.4. The first-order valence-electron chi connectivity index (χ1n) is 9.92. The minimum Gasteiger partial charge on any atom is -0.326 e. The van der Waals surface area contributed by atoms with Crippen LogP contribution in [0.4, 0.5) is 4.79 Å². The first-order chi connectivity index (χ1) is 14.0. The van der Waals surface area contributed by atoms with Gasteiger partial charge in [-0.1, -0.05) is 43.0 Å². The van der Waals surface area contributed by atoms with Gasteiger partial charge in [0.2, 0.25) is 0 Å². The van der Waals surface area contributed by atoms with Crippen molar-refractivity contribution in [2.75, 3.05) is 26.7 Å². The van der Waals surface area contributed by atoms with E-state index < -0.39 is 11.3 Å². The molecule has 1 aliphatic carbocycles. The number of aryl methyl sites for hydroxylation is 1. The van der Waals surface area contributed by atoms with Crippen LogP contribution >= 0.6 is 0 Å². The maximum absolute atomic E-state index is 12.6. The molecule has 2 atom stereocenters. The Morgan fingerprint density at radius 3 is 2.83 bits per heavy atom. The number of allylic oxidation sites excluding steroid dienone is 3. The van der Waals surface area contributed by atoms with Gasteiger partial charge in [0.05, 0.1) is 28.4 Å². The van der Waals surface area contributed by atoms with Gasteiger partial charge in [0, 0.05) is 38.8 Å². The van der Waals surface area contributed by atoms with Crippen LogP contribution in [0.3, 0.4) is 0 Å². The third kappa shape index (κ3) is 2.94. The topological polar surface area (TPSA) is 65.2 Å². The van der Waals surface area contributed by atoms with Gasteiger partial charge < -0.3 is 14.4 Å². The maximum atomic E-state index is 12.6. The molecule has 0 saturated carbocycles. The van der Waals surface area contributed by atoms with Gasteiger partial charge in [-0.05, 0) is 19.1 Å². The van der Waals surface area contributed by atoms with Crippen LogP contribution < -0.4 is 0 Å². The van der Waals surface area contributed by atoms with Crippen molar-refractivity contribution in [3.63, 3.8) is 0 Å². The Morgan fingerprint density at radius 2 is 2.14 bits per heavy atom. The zero-order valence-corrected chi connectivity index (χ0v) is 16.9. The lowest BCUT2D eigenvalue weighted by molar-refractivity contribution is 0.185. The number of likely N-dealkylation sites (N-methyl/N-ethyl adjacent to an activating group) is 1. The van der Waals surface area contributed by atoms with Gasteiger partial charge in [-0.25, -0.2) is 9.78 Å². The van der Waals surface area contributed by atoms with Crippen molar-refractivity contribution in [1.82, 2.24) is 19.4 Å². The molecule has 1 fully saturated rings. The summed E-state index contributed by atoms with van der Waals surface area (Å²) in [7, 11) is 1.80. The molecule has 1 aromatic heterocycles. The molecule has 0 spiro atoms. The predicted octanol–water partition coefficient (Wildman–Crippen LogP) is 3.69. The van der Waals surface area contributed by atoms with Crippen LogP contribution in [0.5, 0.6) is 0 Å². The number of nitriles is 1. The van der Waals surface area contributed by atoms with E-state index in [0.29, 0.717) is 19.6 Å². The standard InChI is InChI=1S/C23H25N5O/c1-4-28-20-11-6-5-10-19(20)25-21(28)17(2)23(12-8-7-9-18(23)15-24)16-27-14-13-26(3)22(27)29/h5-12,18H,2,4,13-14,16H2,1,3H3. The zero-order chi connectivity index (χ0) is 20.6. The molecule has 1 aliphatic heterocycles. The number of imidazole rings is 1. The molecule has 148 valence electrons. The van der Waals surface area contributed by atoms with Crippen LogP contribution in [0.25, 0.3) is 16.6 Å². The molecule has 6 nitrogen and oxygen atoms in total. The van der Waals surface area contributed by atoms with Gasteiger partial charge in [0.1, 0.15) is 5.82 Å². The summed E-state index contributed by atoms with van der Waals surface area (Å²) < 4.78 is 2.14. The lowest BCUT2D eigenvalue weighted by Gasteiger charge is -2.39. The number of carbonyl (C=O) groups is 1. The Kier molecular flexibility index (Phi) is 4.75. The quantitative estimate of drug-likeness (QED) is 0.786. The molecule has 0 N–H and O–H groups in total. The van der Waals surface area contributed by atoms with E-state index in [1.807, 2.05) is 53.5 Å². The Hall–Kier alpha value is -3.33. The largest absolute Gasteiger partial charge is 0.326 e. The van der Waals surface area contributed by atoms with E-state index in [9.17, 15) is 10.1 Å². The highest BCUT2D eigenvalue weighted by molar-refractivity contribution is 5.82. The van der Waals surface area contributed by atoms with Crippen molar-refractivity contribution >= 4 is 22.6 Å². The first-order valence-corrected chi connectivity index (χ1v) is 9.92. The molecule has 2 aliphatic rings. The van der Waals surface area contributed by atoms with Crippen LogP contribution in [0, 0.1) is 22.7 Å². The number of nitrogens with zero attached hydrogens (tertiary/aromatic N) is 5. The number of hydrogen-bond acceptors (Lipinski definition) is 3. The van der Waals surface area contributed by atoms with Gasteiger partial charge in [0.15, 0.2) is 0 Å². The second-order valence-electron chi connectivity index (χ2n) is 7.66. The number of benzene rings is 1. The highest BCUT2D eigenvalue weighted by Crippen LogP contribution is 2.45. The number of hydrogen-bond donors (Lipinski definition) is 0. The van der Waals surface area contributed by atoms with Crippen molar-refractivity contribution in [3.05, 3.63) is 61.0 Å². The van der Waals surface area contributed by atoms with E-state index in [1.165, 1.54) is 0 Å². The number of urea groups is 1. The summed E-state index contributed by atoms with van der Waals surface area (Å²) >= 11 is 0. The van der Waals surface area contributed by atoms with Crippen LogP contribution in [0.15, 0.2) is 55.1 Å². The third-order valence-corrected chi connectivity index (χ3v) is 6.06. The normalized spacial score (nSPS) is 23.8. The van der Waals surface area contributed by atoms with E-state index in [-0.39, 0.29) is 6.03 Å². The van der Waals surface area contributed by atoms with Gasteiger partial charge in [0.25, 0.3) is 0 Å². The van der Waals surface area contributed by atoms with E-state index in [4.69, 9.17) is 4.98 Å². The van der Waals surface area contributed by atoms with Gasteiger partial charge in [-0.15, -0.1) is 0 Å². The highest BCUT2D eigenvalue weighted by atomic mass is 16.2. The smallest absolute Gasteiger partial charge is 0.319 e. The lowest BCUT2D eigenvalue weighted by atomic mass is 9.68. The Bertz CT molecular complexity index is 1070. The van der Waals surface area contributed by atoms with Crippen LogP contribution in [0.1, 0.15) is 12.7 Å². The summed E-state index contributed by atoms with van der Waals surface area (Å²) in [5, 5.41) is 9.96. The SMILES string of the molecule is C=C(c1nc2ccccc2n1CC)C1(CN2CCN(C)C2=O)C=CC=CC1C#N. The third-order valence-electron chi connectivity index (χ3n) is 6.06. The summed E-state index contributed by atoms with van der Waals surface area (Å²) in [4.78, 5) is 21.0. The van der Waals surface area contributed by atoms with Gasteiger partial charge in [-0.2, -0.15) is 5.26 Å². The zero-order valence-electron chi connectivity index (χ0n) is 16.9. The fourth-order valence-electron chi connectivity index (χ4n) is 4.37. The molecule has 2 heterocycles. The molecule has 2 amide bonds. The number of amides is 2. The second-order valence-corrected chi connectivity index (χ2v) is 7.66. The number of fused-ring (bicyclic) bond motifs is 1. The average Bonchev–Trinajstić information content (AvgIpc) is 3.28. The maximum Gasteiger partial charge on any atom is 0.319 e. The Morgan fingerprint density at radius 1 is 1.34 bits per heavy atom. The number of rotatable bonds is 5. The molecule has 0 radical (unpaired) electrons. The average molecular weight is 387 g/mol. The lowest BCUT2D eigenvalue weighted by Crippen LogP contribution is -2.44. The van der Waals surface area contributed by atoms with E-state index >= 15 is 0 Å². The summed E-state index contributed by atoms with van der Waals surface area (Å²) in [6.07, 6.45) is 7.75. The Balaban J connectivity index is 1.83. The fourth-order valence-corrected chi connectivity index (χ4v) is 4.37. The molecule has 6 heteroatoms. The summed E-state index contributed by atoms with van der Waals surface area (Å²) in [5.74, 6) is 0.345. The van der Waals surface area contributed by atoms with Crippen LogP contribution in [-0.2, 0) is 6.54 Å². The van der Waals surface area contributed by atoms with Crippen molar-refractivity contribution in [2.45, 2.75) is 13.5 Å². The number of para-hydroxylation sites is 2. The van der Waals surface area contributed by atoms with Crippen molar-refractivity contribution in [2.24, 2.45) is 11.3 Å². The molecule has 4 rings (SSSR count). The first kappa shape index (κ1) is 19.0. The van der Waals surface area contributed by atoms with E-state index in [2.05, 4.69) is 24.1 Å². The molecular weight excluding hydrogens is 362 g/mol. The number of carbonyl (C=O) groups excluding carboxylic acids is 1. The van der Waals surface area contributed by atoms with Crippen molar-refractivity contribution in [3.8, 4) is 6.07 Å². The molecule has 29 heavy (non-hydrogen) atoms. The monoisotopic (exact) mass is 387 g/mol. The summed E-state index contributed by atoms with van der Waals surface area (Å²) in [6.45, 7) is 8.99. The van der Waals surface area contributed by atoms with E-state index in [0.717, 1.165) is 29.0 Å². The van der Waals surface area contributed by atoms with E-state index in [1.54, 1.807) is 11.9 Å². The summed E-state index contributed by atoms with van der Waals surface area (Å²) in [5.41, 5.74) is 1.99. The number of aromatic nitrogens is 2. The van der Waals surface area contributed by atoms with Crippen molar-refractivity contribution < 1.29 is 4.79 Å². The van der Waals surface area contributed by atoms with Gasteiger partial charge >= 0.3 is 6.03 Å². The predicted molar refractivity (Wildman–Crippen MR) is 114 cm³/mol. The minimum atomic E-state index is -0.724. The molecule has 0 bridgehead atoms. The van der Waals surface area contributed by atoms with Crippen molar-refractivity contribution in [1.29, 1.82) is 5.26 Å². The molecule has 1 saturated heterocycles. The molecule has 2 aromatic rings. The van der Waals surface area contributed by atoms with Crippen LogP contribution in [-0.4, -0.2) is 52.1 Å².